The highest BCUT2D eigenvalue weighted by Crippen LogP contribution is 2.62. The Balaban J connectivity index is 1.37. The Morgan fingerprint density at radius 1 is 1.14 bits per heavy atom. The molecule has 156 valence electrons. The molecule has 4 saturated carbocycles. The fraction of sp³-hybridized carbons (Fsp3) is 0.652. The highest BCUT2D eigenvalue weighted by atomic mass is 19.1. The third-order valence-electron chi connectivity index (χ3n) is 7.55. The molecule has 0 spiro atoms. The molecule has 1 heterocycles. The second-order valence-corrected chi connectivity index (χ2v) is 9.87. The Kier molecular flexibility index (Phi) is 4.46. The molecule has 0 aromatic heterocycles. The first-order valence-corrected chi connectivity index (χ1v) is 10.8. The number of rotatable bonds is 3. The third-order valence-corrected chi connectivity index (χ3v) is 7.55. The maximum Gasteiger partial charge on any atom is 0.229 e. The van der Waals surface area contributed by atoms with Crippen molar-refractivity contribution in [2.45, 2.75) is 57.1 Å². The van der Waals surface area contributed by atoms with Gasteiger partial charge >= 0.3 is 0 Å². The lowest BCUT2D eigenvalue weighted by atomic mass is 9.46. The molecule has 5 aliphatic rings. The standard InChI is InChI=1S/C23H29FN2O3/c1-15(27)25-23-11-16-8-17(12-23)10-22(9-16,14-23)21(28)26-6-7-29-20(13-26)18-2-4-19(24)5-3-18/h2-5,16-17,20H,6-14H2,1H3,(H,25,27)/t16-,17+,20-,22?,23?/m0/s1. The Hall–Kier alpha value is -1.95. The van der Waals surface area contributed by atoms with Crippen molar-refractivity contribution in [3.8, 4) is 0 Å². The topological polar surface area (TPSA) is 58.6 Å². The molecule has 1 N–H and O–H groups in total. The molecule has 4 bridgehead atoms. The molecule has 5 nitrogen and oxygen atoms in total. The van der Waals surface area contributed by atoms with Gasteiger partial charge < -0.3 is 15.0 Å². The van der Waals surface area contributed by atoms with E-state index < -0.39 is 0 Å². The van der Waals surface area contributed by atoms with E-state index >= 15 is 0 Å². The fourth-order valence-electron chi connectivity index (χ4n) is 7.08. The number of carbonyl (C=O) groups is 2. The Morgan fingerprint density at radius 3 is 2.48 bits per heavy atom. The van der Waals surface area contributed by atoms with Crippen molar-refractivity contribution < 1.29 is 18.7 Å². The first-order chi connectivity index (χ1) is 13.9. The fourth-order valence-corrected chi connectivity index (χ4v) is 7.08. The van der Waals surface area contributed by atoms with E-state index in [2.05, 4.69) is 5.32 Å². The van der Waals surface area contributed by atoms with E-state index in [4.69, 9.17) is 4.74 Å². The molecule has 1 aliphatic heterocycles. The van der Waals surface area contributed by atoms with Crippen LogP contribution in [-0.2, 0) is 14.3 Å². The zero-order valence-electron chi connectivity index (χ0n) is 17.0. The van der Waals surface area contributed by atoms with Crippen LogP contribution in [0.3, 0.4) is 0 Å². The van der Waals surface area contributed by atoms with Crippen LogP contribution in [0.15, 0.2) is 24.3 Å². The van der Waals surface area contributed by atoms with Gasteiger partial charge in [0.15, 0.2) is 0 Å². The molecule has 6 rings (SSSR count). The minimum Gasteiger partial charge on any atom is -0.370 e. The summed E-state index contributed by atoms with van der Waals surface area (Å²) in [6, 6.07) is 6.36. The van der Waals surface area contributed by atoms with Crippen molar-refractivity contribution in [1.82, 2.24) is 10.2 Å². The molecule has 1 aromatic rings. The van der Waals surface area contributed by atoms with E-state index in [1.165, 1.54) is 18.6 Å². The van der Waals surface area contributed by atoms with Crippen LogP contribution in [0, 0.1) is 23.1 Å². The largest absolute Gasteiger partial charge is 0.370 e. The van der Waals surface area contributed by atoms with E-state index in [0.29, 0.717) is 31.5 Å². The maximum absolute atomic E-state index is 13.8. The lowest BCUT2D eigenvalue weighted by Gasteiger charge is -2.62. The average molecular weight is 400 g/mol. The number of benzene rings is 1. The first-order valence-electron chi connectivity index (χ1n) is 10.8. The lowest BCUT2D eigenvalue weighted by molar-refractivity contribution is -0.169. The van der Waals surface area contributed by atoms with Gasteiger partial charge in [0, 0.05) is 19.0 Å². The van der Waals surface area contributed by atoms with E-state index in [1.807, 2.05) is 4.90 Å². The predicted octanol–water partition coefficient (Wildman–Crippen LogP) is 3.20. The van der Waals surface area contributed by atoms with Gasteiger partial charge in [-0.25, -0.2) is 4.39 Å². The van der Waals surface area contributed by atoms with Crippen molar-refractivity contribution in [3.63, 3.8) is 0 Å². The zero-order chi connectivity index (χ0) is 20.2. The normalized spacial score (nSPS) is 38.1. The summed E-state index contributed by atoms with van der Waals surface area (Å²) in [7, 11) is 0. The second-order valence-electron chi connectivity index (χ2n) is 9.87. The SMILES string of the molecule is CC(=O)NC12C[C@H]3C[C@@H](C1)CC(C(=O)N1CCO[C@H](c4ccc(F)cc4)C1)(C3)C2. The van der Waals surface area contributed by atoms with Crippen LogP contribution in [0.25, 0.3) is 0 Å². The molecule has 0 radical (unpaired) electrons. The van der Waals surface area contributed by atoms with Crippen LogP contribution in [-0.4, -0.2) is 41.9 Å². The average Bonchev–Trinajstić information content (AvgIpc) is 2.66. The van der Waals surface area contributed by atoms with Crippen LogP contribution in [0.2, 0.25) is 0 Å². The van der Waals surface area contributed by atoms with Crippen molar-refractivity contribution in [3.05, 3.63) is 35.6 Å². The van der Waals surface area contributed by atoms with Gasteiger partial charge in [-0.3, -0.25) is 9.59 Å². The summed E-state index contributed by atoms with van der Waals surface area (Å²) in [6.07, 6.45) is 5.66. The molecule has 29 heavy (non-hydrogen) atoms. The molecule has 6 heteroatoms. The summed E-state index contributed by atoms with van der Waals surface area (Å²) in [5, 5.41) is 3.24. The summed E-state index contributed by atoms with van der Waals surface area (Å²) in [4.78, 5) is 27.7. The van der Waals surface area contributed by atoms with Crippen molar-refractivity contribution >= 4 is 11.8 Å². The zero-order valence-corrected chi connectivity index (χ0v) is 17.0. The Morgan fingerprint density at radius 2 is 1.83 bits per heavy atom. The minimum atomic E-state index is -0.350. The van der Waals surface area contributed by atoms with Crippen LogP contribution in [0.5, 0.6) is 0 Å². The summed E-state index contributed by atoms with van der Waals surface area (Å²) in [5.41, 5.74) is 0.356. The number of ether oxygens (including phenoxy) is 1. The van der Waals surface area contributed by atoms with Gasteiger partial charge in [-0.2, -0.15) is 0 Å². The molecule has 2 unspecified atom stereocenters. The summed E-state index contributed by atoms with van der Waals surface area (Å²) in [5.74, 6) is 1.03. The third kappa shape index (κ3) is 3.35. The number of nitrogens with zero attached hydrogens (tertiary/aromatic N) is 1. The molecule has 5 atom stereocenters. The van der Waals surface area contributed by atoms with Gasteiger partial charge in [0.1, 0.15) is 11.9 Å². The molecule has 5 fully saturated rings. The maximum atomic E-state index is 13.8. The molecule has 1 aromatic carbocycles. The van der Waals surface area contributed by atoms with Crippen LogP contribution in [0.4, 0.5) is 4.39 Å². The monoisotopic (exact) mass is 400 g/mol. The highest BCUT2D eigenvalue weighted by molar-refractivity contribution is 5.84. The summed E-state index contributed by atoms with van der Waals surface area (Å²) >= 11 is 0. The second kappa shape index (κ2) is 6.79. The minimum absolute atomic E-state index is 0.0114. The lowest BCUT2D eigenvalue weighted by Crippen LogP contribution is -2.66. The number of morpholine rings is 1. The molecule has 2 amide bonds. The number of halogens is 1. The van der Waals surface area contributed by atoms with Crippen molar-refractivity contribution in [1.29, 1.82) is 0 Å². The van der Waals surface area contributed by atoms with Gasteiger partial charge in [-0.15, -0.1) is 0 Å². The number of hydrogen-bond donors (Lipinski definition) is 1. The summed E-state index contributed by atoms with van der Waals surface area (Å²) in [6.45, 7) is 3.19. The van der Waals surface area contributed by atoms with Crippen LogP contribution in [0.1, 0.15) is 57.1 Å². The van der Waals surface area contributed by atoms with E-state index in [1.54, 1.807) is 19.1 Å². The van der Waals surface area contributed by atoms with Gasteiger partial charge in [0.25, 0.3) is 0 Å². The van der Waals surface area contributed by atoms with Crippen molar-refractivity contribution in [2.75, 3.05) is 19.7 Å². The molecule has 4 aliphatic carbocycles. The molecular weight excluding hydrogens is 371 g/mol. The van der Waals surface area contributed by atoms with Crippen LogP contribution >= 0.6 is 0 Å². The Labute approximate surface area is 171 Å². The van der Waals surface area contributed by atoms with E-state index in [-0.39, 0.29) is 34.7 Å². The Bertz CT molecular complexity index is 810. The van der Waals surface area contributed by atoms with Gasteiger partial charge in [-0.1, -0.05) is 12.1 Å². The van der Waals surface area contributed by atoms with Crippen LogP contribution < -0.4 is 5.32 Å². The van der Waals surface area contributed by atoms with Gasteiger partial charge in [0.2, 0.25) is 11.8 Å². The smallest absolute Gasteiger partial charge is 0.229 e. The summed E-state index contributed by atoms with van der Waals surface area (Å²) < 4.78 is 19.2. The first kappa shape index (κ1) is 19.0. The molecular formula is C23H29FN2O3. The highest BCUT2D eigenvalue weighted by Gasteiger charge is 2.61. The van der Waals surface area contributed by atoms with E-state index in [9.17, 15) is 14.0 Å². The molecule has 1 saturated heterocycles. The number of carbonyl (C=O) groups excluding carboxylic acids is 2. The van der Waals surface area contributed by atoms with Gasteiger partial charge in [-0.05, 0) is 68.1 Å². The van der Waals surface area contributed by atoms with Crippen molar-refractivity contribution in [2.24, 2.45) is 17.3 Å². The quantitative estimate of drug-likeness (QED) is 0.848. The predicted molar refractivity (Wildman–Crippen MR) is 105 cm³/mol. The number of hydrogen-bond acceptors (Lipinski definition) is 3. The number of nitrogens with one attached hydrogen (secondary N) is 1. The van der Waals surface area contributed by atoms with E-state index in [0.717, 1.165) is 37.7 Å². The number of amides is 2. The van der Waals surface area contributed by atoms with Gasteiger partial charge in [0.05, 0.1) is 18.6 Å².